The van der Waals surface area contributed by atoms with E-state index < -0.39 is 0 Å². The van der Waals surface area contributed by atoms with Crippen LogP contribution in [0, 0.1) is 0 Å². The highest BCUT2D eigenvalue weighted by atomic mass is 16.2. The van der Waals surface area contributed by atoms with Crippen LogP contribution >= 0.6 is 0 Å². The first-order chi connectivity index (χ1) is 15.2. The van der Waals surface area contributed by atoms with Crippen molar-refractivity contribution >= 4 is 5.91 Å². The third-order valence-electron chi connectivity index (χ3n) is 6.06. The lowest BCUT2D eigenvalue weighted by atomic mass is 9.96. The fraction of sp³-hybridized carbons (Fsp3) is 0.308. The molecule has 31 heavy (non-hydrogen) atoms. The molecule has 5 heteroatoms. The van der Waals surface area contributed by atoms with Crippen LogP contribution < -0.4 is 5.32 Å². The summed E-state index contributed by atoms with van der Waals surface area (Å²) in [5.74, 6) is 0.0694. The molecule has 1 aliphatic heterocycles. The number of rotatable bonds is 7. The molecule has 0 aliphatic carbocycles. The van der Waals surface area contributed by atoms with Gasteiger partial charge in [-0.2, -0.15) is 0 Å². The van der Waals surface area contributed by atoms with Gasteiger partial charge in [-0.1, -0.05) is 66.7 Å². The number of nitrogens with zero attached hydrogens (tertiary/aromatic N) is 3. The van der Waals surface area contributed by atoms with Crippen molar-refractivity contribution in [3.8, 4) is 0 Å². The summed E-state index contributed by atoms with van der Waals surface area (Å²) >= 11 is 0. The largest absolute Gasteiger partial charge is 0.351 e. The highest BCUT2D eigenvalue weighted by Gasteiger charge is 2.30. The molecule has 1 aromatic heterocycles. The normalized spacial score (nSPS) is 16.2. The zero-order chi connectivity index (χ0) is 21.5. The first-order valence-electron chi connectivity index (χ1n) is 11.0. The Morgan fingerprint density at radius 3 is 2.00 bits per heavy atom. The summed E-state index contributed by atoms with van der Waals surface area (Å²) in [7, 11) is 0. The number of pyridine rings is 1. The first-order valence-corrected chi connectivity index (χ1v) is 11.0. The molecule has 1 atom stereocenters. The monoisotopic (exact) mass is 414 g/mol. The summed E-state index contributed by atoms with van der Waals surface area (Å²) in [6.07, 6.45) is 3.53. The van der Waals surface area contributed by atoms with Crippen molar-refractivity contribution in [1.29, 1.82) is 0 Å². The molecule has 0 spiro atoms. The molecule has 1 fully saturated rings. The number of aromatic nitrogens is 1. The Labute approximate surface area is 184 Å². The zero-order valence-electron chi connectivity index (χ0n) is 18.0. The molecule has 3 aromatic rings. The lowest BCUT2D eigenvalue weighted by Gasteiger charge is -2.41. The van der Waals surface area contributed by atoms with E-state index in [1.807, 2.05) is 19.1 Å². The van der Waals surface area contributed by atoms with Crippen molar-refractivity contribution in [2.45, 2.75) is 25.6 Å². The standard InChI is InChI=1S/C26H30N4O/c1-21(26(31)28-20-22-9-8-14-27-19-22)29-15-17-30(18-16-29)25(23-10-4-2-5-11-23)24-12-6-3-7-13-24/h2-14,19,21,25H,15-18,20H2,1H3,(H,28,31). The third kappa shape index (κ3) is 5.37. The fourth-order valence-corrected chi connectivity index (χ4v) is 4.27. The minimum atomic E-state index is -0.147. The fourth-order valence-electron chi connectivity index (χ4n) is 4.27. The van der Waals surface area contributed by atoms with Gasteiger partial charge in [-0.3, -0.25) is 19.6 Å². The van der Waals surface area contributed by atoms with Gasteiger partial charge in [-0.15, -0.1) is 0 Å². The minimum absolute atomic E-state index is 0.0694. The van der Waals surface area contributed by atoms with Crippen LogP contribution in [0.3, 0.4) is 0 Å². The van der Waals surface area contributed by atoms with Gasteiger partial charge in [0.15, 0.2) is 0 Å². The Kier molecular flexibility index (Phi) is 7.07. The summed E-state index contributed by atoms with van der Waals surface area (Å²) in [6, 6.07) is 25.3. The molecule has 5 nitrogen and oxygen atoms in total. The number of benzene rings is 2. The summed E-state index contributed by atoms with van der Waals surface area (Å²) in [6.45, 7) is 6.11. The van der Waals surface area contributed by atoms with E-state index in [2.05, 4.69) is 80.8 Å². The lowest BCUT2D eigenvalue weighted by Crippen LogP contribution is -2.54. The van der Waals surface area contributed by atoms with Crippen LogP contribution in [0.15, 0.2) is 85.2 Å². The molecule has 0 saturated carbocycles. The van der Waals surface area contributed by atoms with E-state index in [1.165, 1.54) is 11.1 Å². The van der Waals surface area contributed by atoms with Gasteiger partial charge in [0, 0.05) is 45.1 Å². The van der Waals surface area contributed by atoms with E-state index in [0.29, 0.717) is 6.54 Å². The highest BCUT2D eigenvalue weighted by molar-refractivity contribution is 5.81. The number of carbonyl (C=O) groups excluding carboxylic acids is 1. The maximum absolute atomic E-state index is 12.7. The van der Waals surface area contributed by atoms with Crippen LogP contribution in [0.4, 0.5) is 0 Å². The molecule has 1 amide bonds. The highest BCUT2D eigenvalue weighted by Crippen LogP contribution is 2.29. The molecule has 2 heterocycles. The lowest BCUT2D eigenvalue weighted by molar-refractivity contribution is -0.126. The van der Waals surface area contributed by atoms with Crippen molar-refractivity contribution in [1.82, 2.24) is 20.1 Å². The van der Waals surface area contributed by atoms with Gasteiger partial charge in [-0.05, 0) is 29.7 Å². The van der Waals surface area contributed by atoms with Gasteiger partial charge in [0.05, 0.1) is 12.1 Å². The van der Waals surface area contributed by atoms with Gasteiger partial charge in [0.2, 0.25) is 5.91 Å². The number of nitrogens with one attached hydrogen (secondary N) is 1. The molecule has 1 aliphatic rings. The Hall–Kier alpha value is -3.02. The number of carbonyl (C=O) groups is 1. The van der Waals surface area contributed by atoms with Crippen LogP contribution in [0.25, 0.3) is 0 Å². The molecular formula is C26H30N4O. The Bertz CT molecular complexity index is 901. The van der Waals surface area contributed by atoms with E-state index in [-0.39, 0.29) is 18.0 Å². The quantitative estimate of drug-likeness (QED) is 0.643. The van der Waals surface area contributed by atoms with Crippen LogP contribution in [0.1, 0.15) is 29.7 Å². The van der Waals surface area contributed by atoms with Crippen molar-refractivity contribution in [3.05, 3.63) is 102 Å². The SMILES string of the molecule is CC(C(=O)NCc1cccnc1)N1CCN(C(c2ccccc2)c2ccccc2)CC1. The van der Waals surface area contributed by atoms with Crippen molar-refractivity contribution < 1.29 is 4.79 Å². The van der Waals surface area contributed by atoms with Crippen LogP contribution in [-0.2, 0) is 11.3 Å². The molecule has 1 N–H and O–H groups in total. The first kappa shape index (κ1) is 21.2. The Morgan fingerprint density at radius 2 is 1.45 bits per heavy atom. The molecule has 160 valence electrons. The van der Waals surface area contributed by atoms with E-state index >= 15 is 0 Å². The summed E-state index contributed by atoms with van der Waals surface area (Å²) in [4.78, 5) is 21.6. The predicted molar refractivity (Wildman–Crippen MR) is 123 cm³/mol. The molecule has 2 aromatic carbocycles. The molecule has 0 bridgehead atoms. The molecule has 0 radical (unpaired) electrons. The summed E-state index contributed by atoms with van der Waals surface area (Å²) < 4.78 is 0. The van der Waals surface area contributed by atoms with Gasteiger partial charge >= 0.3 is 0 Å². The van der Waals surface area contributed by atoms with Crippen molar-refractivity contribution in [2.24, 2.45) is 0 Å². The number of piperazine rings is 1. The minimum Gasteiger partial charge on any atom is -0.351 e. The number of hydrogen-bond donors (Lipinski definition) is 1. The van der Waals surface area contributed by atoms with E-state index in [9.17, 15) is 4.79 Å². The molecule has 4 rings (SSSR count). The predicted octanol–water partition coefficient (Wildman–Crippen LogP) is 3.49. The average Bonchev–Trinajstić information content (AvgIpc) is 2.85. The van der Waals surface area contributed by atoms with Crippen LogP contribution in [-0.4, -0.2) is 52.9 Å². The summed E-state index contributed by atoms with van der Waals surface area (Å²) in [5.41, 5.74) is 3.63. The van der Waals surface area contributed by atoms with Crippen LogP contribution in [0.2, 0.25) is 0 Å². The summed E-state index contributed by atoms with van der Waals surface area (Å²) in [5, 5.41) is 3.05. The van der Waals surface area contributed by atoms with Crippen molar-refractivity contribution in [2.75, 3.05) is 26.2 Å². The van der Waals surface area contributed by atoms with Crippen molar-refractivity contribution in [3.63, 3.8) is 0 Å². The second-order valence-electron chi connectivity index (χ2n) is 8.05. The molecule has 1 saturated heterocycles. The van der Waals surface area contributed by atoms with Crippen LogP contribution in [0.5, 0.6) is 0 Å². The van der Waals surface area contributed by atoms with E-state index in [1.54, 1.807) is 12.4 Å². The number of amides is 1. The second kappa shape index (κ2) is 10.3. The third-order valence-corrected chi connectivity index (χ3v) is 6.06. The van der Waals surface area contributed by atoms with Gasteiger partial charge in [0.1, 0.15) is 0 Å². The van der Waals surface area contributed by atoms with Gasteiger partial charge in [0.25, 0.3) is 0 Å². The maximum Gasteiger partial charge on any atom is 0.237 e. The molecule has 1 unspecified atom stereocenters. The second-order valence-corrected chi connectivity index (χ2v) is 8.05. The average molecular weight is 415 g/mol. The smallest absolute Gasteiger partial charge is 0.237 e. The van der Waals surface area contributed by atoms with Gasteiger partial charge in [-0.25, -0.2) is 0 Å². The Balaban J connectivity index is 1.38. The zero-order valence-corrected chi connectivity index (χ0v) is 18.0. The van der Waals surface area contributed by atoms with E-state index in [0.717, 1.165) is 31.7 Å². The van der Waals surface area contributed by atoms with E-state index in [4.69, 9.17) is 0 Å². The number of hydrogen-bond acceptors (Lipinski definition) is 4. The van der Waals surface area contributed by atoms with Gasteiger partial charge < -0.3 is 5.32 Å². The Morgan fingerprint density at radius 1 is 0.871 bits per heavy atom. The molecular weight excluding hydrogens is 384 g/mol. The topological polar surface area (TPSA) is 48.5 Å². The maximum atomic E-state index is 12.7.